The van der Waals surface area contributed by atoms with Crippen molar-refractivity contribution in [2.45, 2.75) is 70.9 Å². The molecule has 1 aromatic heterocycles. The van der Waals surface area contributed by atoms with Gasteiger partial charge in [0.1, 0.15) is 17.6 Å². The Balaban J connectivity index is 1.59. The molecule has 39 heavy (non-hydrogen) atoms. The Labute approximate surface area is 229 Å². The summed E-state index contributed by atoms with van der Waals surface area (Å²) in [5.41, 5.74) is 3.29. The molecule has 8 heteroatoms. The third-order valence-electron chi connectivity index (χ3n) is 7.18. The van der Waals surface area contributed by atoms with Crippen molar-refractivity contribution in [2.24, 2.45) is 0 Å². The number of anilines is 2. The highest BCUT2D eigenvalue weighted by Gasteiger charge is 2.34. The van der Waals surface area contributed by atoms with Crippen LogP contribution in [-0.2, 0) is 14.4 Å². The molecule has 1 saturated carbocycles. The van der Waals surface area contributed by atoms with E-state index in [0.29, 0.717) is 23.5 Å². The number of aromatic nitrogens is 1. The summed E-state index contributed by atoms with van der Waals surface area (Å²) in [6.45, 7) is 3.97. The summed E-state index contributed by atoms with van der Waals surface area (Å²) in [7, 11) is 0. The molecule has 204 valence electrons. The molecule has 0 unspecified atom stereocenters. The minimum absolute atomic E-state index is 0.0733. The van der Waals surface area contributed by atoms with Gasteiger partial charge in [-0.1, -0.05) is 37.1 Å². The summed E-state index contributed by atoms with van der Waals surface area (Å²) in [5.74, 6) is -0.206. The average molecular weight is 529 g/mol. The Morgan fingerprint density at radius 2 is 1.72 bits per heavy atom. The molecule has 0 spiro atoms. The molecule has 1 atom stereocenters. The maximum atomic E-state index is 13.9. The molecule has 1 aliphatic carbocycles. The Hall–Kier alpha value is -4.20. The van der Waals surface area contributed by atoms with Crippen molar-refractivity contribution in [3.63, 3.8) is 0 Å². The number of rotatable bonds is 10. The van der Waals surface area contributed by atoms with Gasteiger partial charge in [-0.3, -0.25) is 19.3 Å². The molecule has 0 bridgehead atoms. The van der Waals surface area contributed by atoms with Gasteiger partial charge >= 0.3 is 0 Å². The van der Waals surface area contributed by atoms with Gasteiger partial charge in [0.05, 0.1) is 0 Å². The number of amides is 3. The lowest BCUT2D eigenvalue weighted by molar-refractivity contribution is -0.127. The van der Waals surface area contributed by atoms with Gasteiger partial charge < -0.3 is 15.7 Å². The van der Waals surface area contributed by atoms with Crippen molar-refractivity contribution >= 4 is 29.2 Å². The Morgan fingerprint density at radius 3 is 2.38 bits per heavy atom. The fourth-order valence-electron chi connectivity index (χ4n) is 4.90. The fourth-order valence-corrected chi connectivity index (χ4v) is 4.90. The van der Waals surface area contributed by atoms with Crippen LogP contribution in [0, 0.1) is 13.8 Å². The largest absolute Gasteiger partial charge is 0.508 e. The summed E-state index contributed by atoms with van der Waals surface area (Å²) < 4.78 is 0. The normalized spacial score (nSPS) is 14.0. The van der Waals surface area contributed by atoms with Crippen LogP contribution in [0.2, 0.25) is 0 Å². The highest BCUT2D eigenvalue weighted by atomic mass is 16.3. The average Bonchev–Trinajstić information content (AvgIpc) is 3.43. The predicted octanol–water partition coefficient (Wildman–Crippen LogP) is 5.35. The minimum atomic E-state index is -0.928. The van der Waals surface area contributed by atoms with E-state index in [1.54, 1.807) is 41.4 Å². The smallest absolute Gasteiger partial charge is 0.248 e. The standard InChI is InChI=1S/C31H36N4O4/c1-21-13-16-25(20-22(21)2)35(29(38)12-7-11-28(37)34-27-10-5-6-19-32-27)30(23-14-17-26(36)18-15-23)31(39)33-24-8-3-4-9-24/h5-6,10,13-20,24,30,36H,3-4,7-9,11-12H2,1-2H3,(H,33,39)(H,32,34,37)/t30-/m1/s1. The summed E-state index contributed by atoms with van der Waals surface area (Å²) in [6.07, 6.45) is 6.08. The number of carbonyl (C=O) groups is 3. The van der Waals surface area contributed by atoms with Crippen LogP contribution in [-0.4, -0.2) is 33.9 Å². The molecule has 0 saturated heterocycles. The van der Waals surface area contributed by atoms with Gasteiger partial charge in [0.15, 0.2) is 0 Å². The van der Waals surface area contributed by atoms with Gasteiger partial charge in [0.25, 0.3) is 0 Å². The Bertz CT molecular complexity index is 1290. The van der Waals surface area contributed by atoms with Gasteiger partial charge in [-0.2, -0.15) is 0 Å². The maximum absolute atomic E-state index is 13.9. The van der Waals surface area contributed by atoms with Crippen LogP contribution in [0.1, 0.15) is 67.7 Å². The molecule has 1 aliphatic rings. The number of phenolic OH excluding ortho intramolecular Hbond substituents is 1. The molecule has 3 amide bonds. The van der Waals surface area contributed by atoms with E-state index in [1.165, 1.54) is 12.1 Å². The van der Waals surface area contributed by atoms with Crippen molar-refractivity contribution < 1.29 is 19.5 Å². The lowest BCUT2D eigenvalue weighted by atomic mass is 10.00. The third kappa shape index (κ3) is 7.44. The van der Waals surface area contributed by atoms with E-state index >= 15 is 0 Å². The van der Waals surface area contributed by atoms with E-state index in [-0.39, 0.29) is 42.4 Å². The maximum Gasteiger partial charge on any atom is 0.248 e. The van der Waals surface area contributed by atoms with Crippen molar-refractivity contribution in [2.75, 3.05) is 10.2 Å². The number of aromatic hydroxyl groups is 1. The molecule has 1 fully saturated rings. The number of hydrogen-bond acceptors (Lipinski definition) is 5. The van der Waals surface area contributed by atoms with Crippen LogP contribution in [0.3, 0.4) is 0 Å². The molecule has 2 aromatic carbocycles. The van der Waals surface area contributed by atoms with Crippen LogP contribution in [0.4, 0.5) is 11.5 Å². The van der Waals surface area contributed by atoms with Gasteiger partial charge in [0.2, 0.25) is 17.7 Å². The quantitative estimate of drug-likeness (QED) is 0.329. The summed E-state index contributed by atoms with van der Waals surface area (Å²) >= 11 is 0. The highest BCUT2D eigenvalue weighted by Crippen LogP contribution is 2.32. The van der Waals surface area contributed by atoms with Crippen LogP contribution >= 0.6 is 0 Å². The first-order valence-electron chi connectivity index (χ1n) is 13.5. The lowest BCUT2D eigenvalue weighted by Crippen LogP contribution is -2.46. The van der Waals surface area contributed by atoms with Crippen molar-refractivity contribution in [1.82, 2.24) is 10.3 Å². The fraction of sp³-hybridized carbons (Fsp3) is 0.355. The lowest BCUT2D eigenvalue weighted by Gasteiger charge is -2.33. The first-order chi connectivity index (χ1) is 18.8. The number of nitrogens with one attached hydrogen (secondary N) is 2. The SMILES string of the molecule is Cc1ccc(N(C(=O)CCCC(=O)Nc2ccccn2)[C@@H](C(=O)NC2CCCC2)c2ccc(O)cc2)cc1C. The van der Waals surface area contributed by atoms with E-state index in [0.717, 1.165) is 36.8 Å². The number of carbonyl (C=O) groups excluding carboxylic acids is 3. The topological polar surface area (TPSA) is 112 Å². The minimum Gasteiger partial charge on any atom is -0.508 e. The van der Waals surface area contributed by atoms with E-state index in [1.807, 2.05) is 32.0 Å². The van der Waals surface area contributed by atoms with Crippen LogP contribution in [0.5, 0.6) is 5.75 Å². The molecule has 4 rings (SSSR count). The molecule has 3 aromatic rings. The molecular weight excluding hydrogens is 492 g/mol. The van der Waals surface area contributed by atoms with Gasteiger partial charge in [-0.05, 0) is 86.2 Å². The predicted molar refractivity (Wildman–Crippen MR) is 151 cm³/mol. The van der Waals surface area contributed by atoms with Crippen LogP contribution < -0.4 is 15.5 Å². The van der Waals surface area contributed by atoms with Crippen molar-refractivity contribution in [3.8, 4) is 5.75 Å². The van der Waals surface area contributed by atoms with E-state index in [2.05, 4.69) is 15.6 Å². The monoisotopic (exact) mass is 528 g/mol. The molecule has 1 heterocycles. The second-order valence-electron chi connectivity index (χ2n) is 10.1. The summed E-state index contributed by atoms with van der Waals surface area (Å²) in [6, 6.07) is 16.5. The number of hydrogen-bond donors (Lipinski definition) is 3. The van der Waals surface area contributed by atoms with Gasteiger partial charge in [0, 0.05) is 30.8 Å². The van der Waals surface area contributed by atoms with Gasteiger partial charge in [-0.15, -0.1) is 0 Å². The molecular formula is C31H36N4O4. The third-order valence-corrected chi connectivity index (χ3v) is 7.18. The second kappa shape index (κ2) is 13.0. The highest BCUT2D eigenvalue weighted by molar-refractivity contribution is 6.01. The van der Waals surface area contributed by atoms with Crippen LogP contribution in [0.15, 0.2) is 66.9 Å². The molecule has 0 radical (unpaired) electrons. The summed E-state index contributed by atoms with van der Waals surface area (Å²) in [4.78, 5) is 45.7. The number of aryl methyl sites for hydroxylation is 2. The first-order valence-corrected chi connectivity index (χ1v) is 13.5. The first kappa shape index (κ1) is 27.8. The van der Waals surface area contributed by atoms with E-state index < -0.39 is 6.04 Å². The Kier molecular flexibility index (Phi) is 9.31. The zero-order chi connectivity index (χ0) is 27.8. The van der Waals surface area contributed by atoms with Crippen molar-refractivity contribution in [3.05, 3.63) is 83.6 Å². The zero-order valence-electron chi connectivity index (χ0n) is 22.5. The molecule has 3 N–H and O–H groups in total. The van der Waals surface area contributed by atoms with E-state index in [4.69, 9.17) is 0 Å². The molecule has 0 aliphatic heterocycles. The number of nitrogens with zero attached hydrogens (tertiary/aromatic N) is 2. The zero-order valence-corrected chi connectivity index (χ0v) is 22.5. The second-order valence-corrected chi connectivity index (χ2v) is 10.1. The number of pyridine rings is 1. The Morgan fingerprint density at radius 1 is 0.974 bits per heavy atom. The van der Waals surface area contributed by atoms with Gasteiger partial charge in [-0.25, -0.2) is 4.98 Å². The van der Waals surface area contributed by atoms with Crippen molar-refractivity contribution in [1.29, 1.82) is 0 Å². The molecule has 8 nitrogen and oxygen atoms in total. The van der Waals surface area contributed by atoms with E-state index in [9.17, 15) is 19.5 Å². The number of phenols is 1. The summed E-state index contributed by atoms with van der Waals surface area (Å²) in [5, 5.41) is 15.8. The van der Waals surface area contributed by atoms with Crippen LogP contribution in [0.25, 0.3) is 0 Å². The number of benzene rings is 2.